The molecular weight excluding hydrogens is 426 g/mol. The van der Waals surface area contributed by atoms with Crippen molar-refractivity contribution >= 4 is 35.7 Å². The number of nitrogens with zero attached hydrogens (tertiary/aromatic N) is 2. The molecule has 14 N–H and O–H groups in total. The molecule has 2 amide bonds. The largest absolute Gasteiger partial charge is 0.481 e. The van der Waals surface area contributed by atoms with Crippen LogP contribution in [-0.4, -0.2) is 77.1 Å². The van der Waals surface area contributed by atoms with Gasteiger partial charge in [0.2, 0.25) is 11.8 Å². The van der Waals surface area contributed by atoms with Crippen molar-refractivity contribution in [2.24, 2.45) is 38.7 Å². The molecule has 0 saturated carbocycles. The van der Waals surface area contributed by atoms with Crippen molar-refractivity contribution in [2.45, 2.75) is 56.7 Å². The highest BCUT2D eigenvalue weighted by Gasteiger charge is 2.28. The van der Waals surface area contributed by atoms with Crippen LogP contribution in [0.4, 0.5) is 0 Å². The number of nitrogens with two attached hydrogens (primary N) is 5. The Bertz CT molecular complexity index is 705. The lowest BCUT2D eigenvalue weighted by Crippen LogP contribution is -2.54. The molecule has 0 heterocycles. The van der Waals surface area contributed by atoms with Crippen molar-refractivity contribution in [3.63, 3.8) is 0 Å². The molecule has 0 aromatic heterocycles. The van der Waals surface area contributed by atoms with Gasteiger partial charge >= 0.3 is 11.9 Å². The Morgan fingerprint density at radius 1 is 0.750 bits per heavy atom. The summed E-state index contributed by atoms with van der Waals surface area (Å²) in [6.45, 7) is 0.448. The molecular formula is C17H33N9O6. The molecule has 0 rings (SSSR count). The Kier molecular flexibility index (Phi) is 13.5. The molecule has 0 aliphatic rings. The summed E-state index contributed by atoms with van der Waals surface area (Å²) in [6.07, 6.45) is 0.253. The number of hydrogen-bond acceptors (Lipinski definition) is 7. The van der Waals surface area contributed by atoms with Crippen molar-refractivity contribution in [3.05, 3.63) is 0 Å². The van der Waals surface area contributed by atoms with E-state index in [0.29, 0.717) is 12.8 Å². The quantitative estimate of drug-likeness (QED) is 0.0615. The lowest BCUT2D eigenvalue weighted by molar-refractivity contribution is -0.143. The second-order valence-corrected chi connectivity index (χ2v) is 6.90. The Balaban J connectivity index is 5.09. The zero-order chi connectivity index (χ0) is 24.7. The number of carboxylic acid groups (broad SMARTS) is 2. The van der Waals surface area contributed by atoms with Gasteiger partial charge in [0.1, 0.15) is 12.1 Å². The Morgan fingerprint density at radius 2 is 1.25 bits per heavy atom. The molecule has 0 aromatic rings. The predicted octanol–water partition coefficient (Wildman–Crippen LogP) is -3.66. The number of nitrogens with one attached hydrogen (secondary N) is 2. The lowest BCUT2D eigenvalue weighted by Gasteiger charge is -2.22. The molecule has 3 atom stereocenters. The van der Waals surface area contributed by atoms with E-state index < -0.39 is 48.3 Å². The fourth-order valence-corrected chi connectivity index (χ4v) is 2.50. The first-order chi connectivity index (χ1) is 14.9. The monoisotopic (exact) mass is 459 g/mol. The highest BCUT2D eigenvalue weighted by Crippen LogP contribution is 2.05. The van der Waals surface area contributed by atoms with Crippen molar-refractivity contribution in [3.8, 4) is 0 Å². The summed E-state index contributed by atoms with van der Waals surface area (Å²) in [5.41, 5.74) is 26.8. The first kappa shape index (κ1) is 28.4. The van der Waals surface area contributed by atoms with Gasteiger partial charge in [0.05, 0.1) is 6.04 Å². The maximum Gasteiger partial charge on any atom is 0.326 e. The van der Waals surface area contributed by atoms with Crippen LogP contribution < -0.4 is 39.3 Å². The summed E-state index contributed by atoms with van der Waals surface area (Å²) in [7, 11) is 0. The number of carbonyl (C=O) groups excluding carboxylic acids is 2. The molecule has 3 unspecified atom stereocenters. The minimum absolute atomic E-state index is 0.0837. The SMILES string of the molecule is NC(N)=NCCCC(N)C(=O)NC(CCCN=C(N)N)C(=O)NC(CCC(=O)O)C(=O)O. The fourth-order valence-electron chi connectivity index (χ4n) is 2.50. The molecule has 182 valence electrons. The van der Waals surface area contributed by atoms with E-state index in [0.717, 1.165) is 0 Å². The van der Waals surface area contributed by atoms with Gasteiger partial charge in [0.25, 0.3) is 0 Å². The molecule has 0 aromatic carbocycles. The third-order valence-electron chi connectivity index (χ3n) is 4.14. The standard InChI is InChI=1S/C17H33N9O6/c18-9(3-1-7-23-16(19)20)13(29)25-10(4-2-8-24-17(21)22)14(30)26-11(15(31)32)5-6-12(27)28/h9-11H,1-8,18H2,(H,25,29)(H,26,30)(H,27,28)(H,31,32)(H4,19,20,23)(H4,21,22,24). The molecule has 0 aliphatic carbocycles. The van der Waals surface area contributed by atoms with Crippen molar-refractivity contribution in [1.82, 2.24) is 10.6 Å². The lowest BCUT2D eigenvalue weighted by atomic mass is 10.1. The predicted molar refractivity (Wildman–Crippen MR) is 116 cm³/mol. The summed E-state index contributed by atoms with van der Waals surface area (Å²) in [5.74, 6) is -4.27. The van der Waals surface area contributed by atoms with Crippen LogP contribution in [0.3, 0.4) is 0 Å². The number of guanidine groups is 2. The highest BCUT2D eigenvalue weighted by molar-refractivity contribution is 5.91. The van der Waals surface area contributed by atoms with E-state index in [-0.39, 0.29) is 44.3 Å². The molecule has 0 aliphatic heterocycles. The van der Waals surface area contributed by atoms with Crippen LogP contribution in [0.5, 0.6) is 0 Å². The van der Waals surface area contributed by atoms with E-state index in [1.54, 1.807) is 0 Å². The minimum Gasteiger partial charge on any atom is -0.481 e. The summed E-state index contributed by atoms with van der Waals surface area (Å²) >= 11 is 0. The van der Waals surface area contributed by atoms with E-state index in [1.165, 1.54) is 0 Å². The van der Waals surface area contributed by atoms with E-state index >= 15 is 0 Å². The Morgan fingerprint density at radius 3 is 1.72 bits per heavy atom. The highest BCUT2D eigenvalue weighted by atomic mass is 16.4. The fraction of sp³-hybridized carbons (Fsp3) is 0.647. The van der Waals surface area contributed by atoms with E-state index in [4.69, 9.17) is 33.8 Å². The maximum absolute atomic E-state index is 12.6. The van der Waals surface area contributed by atoms with Gasteiger partial charge < -0.3 is 49.5 Å². The van der Waals surface area contributed by atoms with Crippen molar-refractivity contribution in [1.29, 1.82) is 0 Å². The summed E-state index contributed by atoms with van der Waals surface area (Å²) in [6, 6.07) is -3.53. The molecule has 0 saturated heterocycles. The summed E-state index contributed by atoms with van der Waals surface area (Å²) in [5, 5.41) is 22.7. The van der Waals surface area contributed by atoms with Gasteiger partial charge in [-0.15, -0.1) is 0 Å². The second kappa shape index (κ2) is 15.2. The Labute approximate surface area is 184 Å². The molecule has 0 fully saturated rings. The zero-order valence-electron chi connectivity index (χ0n) is 17.7. The number of rotatable bonds is 16. The van der Waals surface area contributed by atoms with Gasteiger partial charge in [-0.25, -0.2) is 4.79 Å². The van der Waals surface area contributed by atoms with Crippen LogP contribution in [0.1, 0.15) is 38.5 Å². The van der Waals surface area contributed by atoms with Crippen molar-refractivity contribution < 1.29 is 29.4 Å². The van der Waals surface area contributed by atoms with Crippen molar-refractivity contribution in [2.75, 3.05) is 13.1 Å². The average Bonchev–Trinajstić information content (AvgIpc) is 2.69. The van der Waals surface area contributed by atoms with Gasteiger partial charge in [0.15, 0.2) is 11.9 Å². The second-order valence-electron chi connectivity index (χ2n) is 6.90. The number of hydrogen-bond donors (Lipinski definition) is 9. The number of carboxylic acids is 2. The van der Waals surface area contributed by atoms with Gasteiger partial charge in [-0.3, -0.25) is 24.4 Å². The molecule has 15 nitrogen and oxygen atoms in total. The van der Waals surface area contributed by atoms with Gasteiger partial charge in [-0.1, -0.05) is 0 Å². The molecule has 32 heavy (non-hydrogen) atoms. The third kappa shape index (κ3) is 13.6. The normalized spacial score (nSPS) is 13.2. The van der Waals surface area contributed by atoms with Gasteiger partial charge in [-0.05, 0) is 32.1 Å². The molecule has 0 radical (unpaired) electrons. The maximum atomic E-state index is 12.6. The van der Waals surface area contributed by atoms with E-state index in [1.807, 2.05) is 0 Å². The minimum atomic E-state index is -1.44. The first-order valence-corrected chi connectivity index (χ1v) is 9.85. The van der Waals surface area contributed by atoms with E-state index in [9.17, 15) is 24.3 Å². The molecule has 15 heteroatoms. The van der Waals surface area contributed by atoms with Crippen LogP contribution in [0, 0.1) is 0 Å². The summed E-state index contributed by atoms with van der Waals surface area (Å²) in [4.78, 5) is 54.6. The summed E-state index contributed by atoms with van der Waals surface area (Å²) < 4.78 is 0. The number of amides is 2. The number of aliphatic imine (C=N–C) groups is 2. The van der Waals surface area contributed by atoms with Gasteiger partial charge in [0, 0.05) is 19.5 Å². The van der Waals surface area contributed by atoms with E-state index in [2.05, 4.69) is 20.6 Å². The van der Waals surface area contributed by atoms with Crippen LogP contribution >= 0.6 is 0 Å². The topological polar surface area (TPSA) is 288 Å². The van der Waals surface area contributed by atoms with Crippen LogP contribution in [0.2, 0.25) is 0 Å². The molecule has 0 bridgehead atoms. The third-order valence-corrected chi connectivity index (χ3v) is 4.14. The average molecular weight is 460 g/mol. The number of aliphatic carboxylic acids is 2. The van der Waals surface area contributed by atoms with Crippen LogP contribution in [0.25, 0.3) is 0 Å². The zero-order valence-corrected chi connectivity index (χ0v) is 17.7. The smallest absolute Gasteiger partial charge is 0.326 e. The van der Waals surface area contributed by atoms with Gasteiger partial charge in [-0.2, -0.15) is 0 Å². The Hall–Kier alpha value is -3.62. The molecule has 0 spiro atoms. The first-order valence-electron chi connectivity index (χ1n) is 9.85. The van der Waals surface area contributed by atoms with Crippen LogP contribution in [0.15, 0.2) is 9.98 Å². The number of carbonyl (C=O) groups is 4. The van der Waals surface area contributed by atoms with Crippen LogP contribution in [-0.2, 0) is 19.2 Å².